The van der Waals surface area contributed by atoms with Crippen LogP contribution >= 0.6 is 0 Å². The number of fused-ring (bicyclic) bond motifs is 1. The molecule has 1 unspecified atom stereocenters. The molecule has 0 aromatic carbocycles. The molecule has 0 fully saturated rings. The van der Waals surface area contributed by atoms with Gasteiger partial charge in [-0.15, -0.1) is 0 Å². The molecule has 0 aliphatic rings. The zero-order valence-electron chi connectivity index (χ0n) is 10.6. The standard InChI is InChI=1S/C12H12F3N3O2/c1-2-11(20,12(13,14)15)7-18-4-3-10(19)8-5-16-17-6-9(8)18/h3-6,20H,2,7H2,1H3. The van der Waals surface area contributed by atoms with E-state index in [2.05, 4.69) is 10.2 Å². The Hall–Kier alpha value is -1.96. The summed E-state index contributed by atoms with van der Waals surface area (Å²) in [5.41, 5.74) is -3.03. The molecule has 0 bridgehead atoms. The Kier molecular flexibility index (Phi) is 3.51. The molecule has 0 aliphatic carbocycles. The predicted molar refractivity (Wildman–Crippen MR) is 65.1 cm³/mol. The first-order chi connectivity index (χ1) is 9.28. The third kappa shape index (κ3) is 2.38. The third-order valence-corrected chi connectivity index (χ3v) is 3.23. The summed E-state index contributed by atoms with van der Waals surface area (Å²) in [6, 6.07) is 1.14. The molecule has 1 atom stereocenters. The number of pyridine rings is 1. The molecule has 5 nitrogen and oxygen atoms in total. The van der Waals surface area contributed by atoms with E-state index in [0.717, 1.165) is 10.6 Å². The maximum Gasteiger partial charge on any atom is 0.418 e. The van der Waals surface area contributed by atoms with E-state index in [1.54, 1.807) is 0 Å². The molecule has 2 heterocycles. The van der Waals surface area contributed by atoms with Gasteiger partial charge < -0.3 is 9.67 Å². The molecular weight excluding hydrogens is 275 g/mol. The topological polar surface area (TPSA) is 68.0 Å². The summed E-state index contributed by atoms with van der Waals surface area (Å²) in [4.78, 5) is 11.6. The number of rotatable bonds is 3. The van der Waals surface area contributed by atoms with Gasteiger partial charge in [-0.25, -0.2) is 0 Å². The number of aliphatic hydroxyl groups is 1. The number of aromatic nitrogens is 3. The van der Waals surface area contributed by atoms with E-state index in [4.69, 9.17) is 0 Å². The van der Waals surface area contributed by atoms with E-state index in [-0.39, 0.29) is 16.3 Å². The van der Waals surface area contributed by atoms with Gasteiger partial charge >= 0.3 is 6.18 Å². The predicted octanol–water partition coefficient (Wildman–Crippen LogP) is 1.49. The normalized spacial score (nSPS) is 15.2. The van der Waals surface area contributed by atoms with Gasteiger partial charge in [-0.3, -0.25) is 4.79 Å². The number of nitrogens with zero attached hydrogens (tertiary/aromatic N) is 3. The summed E-state index contributed by atoms with van der Waals surface area (Å²) in [5.74, 6) is 0. The van der Waals surface area contributed by atoms with Crippen molar-refractivity contribution in [1.82, 2.24) is 14.8 Å². The molecule has 2 rings (SSSR count). The lowest BCUT2D eigenvalue weighted by molar-refractivity contribution is -0.265. The lowest BCUT2D eigenvalue weighted by Gasteiger charge is -2.30. The lowest BCUT2D eigenvalue weighted by Crippen LogP contribution is -2.48. The molecule has 20 heavy (non-hydrogen) atoms. The Morgan fingerprint density at radius 1 is 1.30 bits per heavy atom. The Morgan fingerprint density at radius 2 is 1.95 bits per heavy atom. The van der Waals surface area contributed by atoms with Crippen LogP contribution in [0.25, 0.3) is 10.9 Å². The van der Waals surface area contributed by atoms with Crippen molar-refractivity contribution in [1.29, 1.82) is 0 Å². The molecule has 0 saturated carbocycles. The van der Waals surface area contributed by atoms with Crippen LogP contribution < -0.4 is 5.43 Å². The fourth-order valence-electron chi connectivity index (χ4n) is 1.88. The van der Waals surface area contributed by atoms with Gasteiger partial charge in [0.15, 0.2) is 11.0 Å². The van der Waals surface area contributed by atoms with Crippen LogP contribution in [-0.2, 0) is 6.54 Å². The largest absolute Gasteiger partial charge is 0.418 e. The van der Waals surface area contributed by atoms with E-state index in [1.165, 1.54) is 25.5 Å². The van der Waals surface area contributed by atoms with Crippen molar-refractivity contribution in [3.05, 3.63) is 34.9 Å². The lowest BCUT2D eigenvalue weighted by atomic mass is 10.00. The van der Waals surface area contributed by atoms with Crippen molar-refractivity contribution < 1.29 is 18.3 Å². The summed E-state index contributed by atoms with van der Waals surface area (Å²) >= 11 is 0. The van der Waals surface area contributed by atoms with Gasteiger partial charge in [-0.05, 0) is 6.42 Å². The van der Waals surface area contributed by atoms with Crippen LogP contribution in [0.15, 0.2) is 29.5 Å². The molecule has 0 amide bonds. The second-order valence-corrected chi connectivity index (χ2v) is 4.48. The second kappa shape index (κ2) is 4.86. The first kappa shape index (κ1) is 14.4. The Morgan fingerprint density at radius 3 is 2.55 bits per heavy atom. The fourth-order valence-corrected chi connectivity index (χ4v) is 1.88. The first-order valence-corrected chi connectivity index (χ1v) is 5.87. The minimum Gasteiger partial charge on any atom is -0.379 e. The molecule has 8 heteroatoms. The Labute approximate surface area is 111 Å². The van der Waals surface area contributed by atoms with Crippen LogP contribution in [0, 0.1) is 0 Å². The molecule has 0 saturated heterocycles. The van der Waals surface area contributed by atoms with Crippen molar-refractivity contribution in [2.45, 2.75) is 31.7 Å². The zero-order valence-corrected chi connectivity index (χ0v) is 10.6. The Balaban J connectivity index is 2.55. The number of halogens is 3. The van der Waals surface area contributed by atoms with Crippen LogP contribution in [0.4, 0.5) is 13.2 Å². The van der Waals surface area contributed by atoms with Gasteiger partial charge in [0.25, 0.3) is 0 Å². The first-order valence-electron chi connectivity index (χ1n) is 5.87. The smallest absolute Gasteiger partial charge is 0.379 e. The van der Waals surface area contributed by atoms with Crippen molar-refractivity contribution in [2.75, 3.05) is 0 Å². The van der Waals surface area contributed by atoms with Crippen LogP contribution in [0.5, 0.6) is 0 Å². The van der Waals surface area contributed by atoms with Crippen LogP contribution in [0.1, 0.15) is 13.3 Å². The monoisotopic (exact) mass is 287 g/mol. The molecular formula is C12H12F3N3O2. The number of hydrogen-bond acceptors (Lipinski definition) is 4. The minimum absolute atomic E-state index is 0.156. The summed E-state index contributed by atoms with van der Waals surface area (Å²) in [5, 5.41) is 17.0. The van der Waals surface area contributed by atoms with E-state index < -0.39 is 24.7 Å². The van der Waals surface area contributed by atoms with Gasteiger partial charge in [-0.1, -0.05) is 6.92 Å². The van der Waals surface area contributed by atoms with Gasteiger partial charge in [0.05, 0.1) is 29.8 Å². The number of hydrogen-bond donors (Lipinski definition) is 1. The van der Waals surface area contributed by atoms with E-state index >= 15 is 0 Å². The van der Waals surface area contributed by atoms with Crippen LogP contribution in [0.2, 0.25) is 0 Å². The number of alkyl halides is 3. The highest BCUT2D eigenvalue weighted by Gasteiger charge is 2.52. The fraction of sp³-hybridized carbons (Fsp3) is 0.417. The summed E-state index contributed by atoms with van der Waals surface area (Å²) in [6.07, 6.45) is -1.67. The van der Waals surface area contributed by atoms with Crippen molar-refractivity contribution >= 4 is 10.9 Å². The third-order valence-electron chi connectivity index (χ3n) is 3.23. The highest BCUT2D eigenvalue weighted by molar-refractivity contribution is 5.76. The SMILES string of the molecule is CCC(O)(Cn1ccc(=O)c2cnncc21)C(F)(F)F. The van der Waals surface area contributed by atoms with E-state index in [9.17, 15) is 23.1 Å². The summed E-state index contributed by atoms with van der Waals surface area (Å²) in [6.45, 7) is 0.535. The van der Waals surface area contributed by atoms with Crippen molar-refractivity contribution in [3.63, 3.8) is 0 Å². The van der Waals surface area contributed by atoms with Gasteiger partial charge in [0.1, 0.15) is 0 Å². The molecule has 1 N–H and O–H groups in total. The molecule has 2 aromatic rings. The van der Waals surface area contributed by atoms with Gasteiger partial charge in [0, 0.05) is 12.3 Å². The Bertz CT molecular complexity index is 683. The highest BCUT2D eigenvalue weighted by Crippen LogP contribution is 2.34. The van der Waals surface area contributed by atoms with Gasteiger partial charge in [0.2, 0.25) is 0 Å². The molecule has 2 aromatic heterocycles. The van der Waals surface area contributed by atoms with Crippen LogP contribution in [0.3, 0.4) is 0 Å². The molecule has 0 radical (unpaired) electrons. The minimum atomic E-state index is -4.77. The van der Waals surface area contributed by atoms with Crippen molar-refractivity contribution in [3.8, 4) is 0 Å². The second-order valence-electron chi connectivity index (χ2n) is 4.48. The molecule has 0 spiro atoms. The van der Waals surface area contributed by atoms with E-state index in [0.29, 0.717) is 0 Å². The highest BCUT2D eigenvalue weighted by atomic mass is 19.4. The maximum absolute atomic E-state index is 12.9. The summed E-state index contributed by atoms with van der Waals surface area (Å²) < 4.78 is 39.9. The maximum atomic E-state index is 12.9. The van der Waals surface area contributed by atoms with Gasteiger partial charge in [-0.2, -0.15) is 23.4 Å². The quantitative estimate of drug-likeness (QED) is 0.928. The molecule has 108 valence electrons. The van der Waals surface area contributed by atoms with E-state index in [1.807, 2.05) is 0 Å². The van der Waals surface area contributed by atoms with Crippen molar-refractivity contribution in [2.24, 2.45) is 0 Å². The zero-order chi connectivity index (χ0) is 15.0. The average Bonchev–Trinajstić information content (AvgIpc) is 2.41. The molecule has 0 aliphatic heterocycles. The van der Waals surface area contributed by atoms with Crippen LogP contribution in [-0.4, -0.2) is 31.6 Å². The summed E-state index contributed by atoms with van der Waals surface area (Å²) in [7, 11) is 0. The average molecular weight is 287 g/mol.